The van der Waals surface area contributed by atoms with E-state index in [0.717, 1.165) is 17.7 Å². The average Bonchev–Trinajstić information content (AvgIpc) is 2.72. The zero-order chi connectivity index (χ0) is 19.5. The number of fused-ring (bicyclic) bond motifs is 1. The van der Waals surface area contributed by atoms with Crippen LogP contribution in [0.4, 0.5) is 5.95 Å². The van der Waals surface area contributed by atoms with Gasteiger partial charge in [0.15, 0.2) is 0 Å². The Morgan fingerprint density at radius 3 is 2.64 bits per heavy atom. The van der Waals surface area contributed by atoms with Gasteiger partial charge in [0.1, 0.15) is 0 Å². The molecule has 6 heteroatoms. The van der Waals surface area contributed by atoms with Crippen molar-refractivity contribution >= 4 is 28.5 Å². The van der Waals surface area contributed by atoms with E-state index in [-0.39, 0.29) is 5.56 Å². The van der Waals surface area contributed by atoms with Gasteiger partial charge in [0, 0.05) is 30.4 Å². The molecule has 2 heterocycles. The Bertz CT molecular complexity index is 1170. The number of hydrogen-bond donors (Lipinski definition) is 1. The van der Waals surface area contributed by atoms with Crippen molar-refractivity contribution < 1.29 is 0 Å². The van der Waals surface area contributed by atoms with Gasteiger partial charge in [-0.3, -0.25) is 14.3 Å². The Morgan fingerprint density at radius 2 is 1.89 bits per heavy atom. The lowest BCUT2D eigenvalue weighted by Crippen LogP contribution is -2.23. The number of pyridine rings is 1. The smallest absolute Gasteiger partial charge is 0.262 e. The van der Waals surface area contributed by atoms with E-state index in [1.54, 1.807) is 31.4 Å². The standard InChI is InChI=1S/C22H19ClN4O/c1-27-21(28)18-10-9-17(23)14-20(18)26-22(27)25-13-11-15-5-7-16(8-6-15)19-4-2-3-12-24-19/h2-10,12,14H,11,13H2,1H3,(H,25,26). The Kier molecular flexibility index (Phi) is 5.08. The van der Waals surface area contributed by atoms with Crippen LogP contribution in [0.1, 0.15) is 5.56 Å². The molecule has 4 rings (SSSR count). The molecule has 1 N–H and O–H groups in total. The van der Waals surface area contributed by atoms with E-state index >= 15 is 0 Å². The van der Waals surface area contributed by atoms with E-state index in [2.05, 4.69) is 39.6 Å². The zero-order valence-corrected chi connectivity index (χ0v) is 16.1. The number of nitrogens with zero attached hydrogens (tertiary/aromatic N) is 3. The first kappa shape index (κ1) is 18.2. The minimum Gasteiger partial charge on any atom is -0.355 e. The first-order valence-corrected chi connectivity index (χ1v) is 9.40. The fraction of sp³-hybridized carbons (Fsp3) is 0.136. The number of anilines is 1. The second kappa shape index (κ2) is 7.82. The summed E-state index contributed by atoms with van der Waals surface area (Å²) in [5.74, 6) is 0.532. The molecule has 0 spiro atoms. The largest absolute Gasteiger partial charge is 0.355 e. The van der Waals surface area contributed by atoms with Gasteiger partial charge in [0.05, 0.1) is 16.6 Å². The summed E-state index contributed by atoms with van der Waals surface area (Å²) >= 11 is 6.03. The molecule has 0 unspecified atom stereocenters. The van der Waals surface area contributed by atoms with Crippen LogP contribution >= 0.6 is 11.6 Å². The molecule has 0 aliphatic heterocycles. The van der Waals surface area contributed by atoms with Gasteiger partial charge in [-0.15, -0.1) is 0 Å². The predicted molar refractivity (Wildman–Crippen MR) is 114 cm³/mol. The third-order valence-corrected chi connectivity index (χ3v) is 4.89. The normalized spacial score (nSPS) is 10.9. The van der Waals surface area contributed by atoms with Crippen LogP contribution in [0.25, 0.3) is 22.2 Å². The van der Waals surface area contributed by atoms with Crippen molar-refractivity contribution in [3.05, 3.63) is 87.8 Å². The molecule has 0 amide bonds. The molecule has 0 radical (unpaired) electrons. The number of nitrogens with one attached hydrogen (secondary N) is 1. The molecular weight excluding hydrogens is 372 g/mol. The molecule has 0 aliphatic carbocycles. The summed E-state index contributed by atoms with van der Waals surface area (Å²) in [5, 5.41) is 4.38. The Balaban J connectivity index is 1.46. The second-order valence-electron chi connectivity index (χ2n) is 6.55. The van der Waals surface area contributed by atoms with Crippen LogP contribution in [-0.4, -0.2) is 21.1 Å². The first-order chi connectivity index (χ1) is 13.6. The van der Waals surface area contributed by atoms with Crippen molar-refractivity contribution in [2.45, 2.75) is 6.42 Å². The van der Waals surface area contributed by atoms with Gasteiger partial charge in [-0.05, 0) is 42.3 Å². The molecule has 2 aromatic carbocycles. The van der Waals surface area contributed by atoms with Gasteiger partial charge in [0.2, 0.25) is 5.95 Å². The minimum absolute atomic E-state index is 0.0936. The topological polar surface area (TPSA) is 59.8 Å². The summed E-state index contributed by atoms with van der Waals surface area (Å²) in [6, 6.07) is 19.3. The summed E-state index contributed by atoms with van der Waals surface area (Å²) in [6.07, 6.45) is 2.60. The first-order valence-electron chi connectivity index (χ1n) is 9.02. The van der Waals surface area contributed by atoms with Crippen molar-refractivity contribution in [1.82, 2.24) is 14.5 Å². The number of benzene rings is 2. The van der Waals surface area contributed by atoms with Crippen molar-refractivity contribution in [3.8, 4) is 11.3 Å². The highest BCUT2D eigenvalue weighted by molar-refractivity contribution is 6.31. The van der Waals surface area contributed by atoms with Crippen LogP contribution in [-0.2, 0) is 13.5 Å². The predicted octanol–water partition coefficient (Wildman–Crippen LogP) is 4.30. The molecule has 0 bridgehead atoms. The van der Waals surface area contributed by atoms with Gasteiger partial charge in [-0.2, -0.15) is 0 Å². The number of halogens is 1. The number of aromatic nitrogens is 3. The lowest BCUT2D eigenvalue weighted by molar-refractivity contribution is 0.833. The fourth-order valence-electron chi connectivity index (χ4n) is 3.10. The van der Waals surface area contributed by atoms with Crippen LogP contribution in [0.5, 0.6) is 0 Å². The van der Waals surface area contributed by atoms with Crippen LogP contribution < -0.4 is 10.9 Å². The lowest BCUT2D eigenvalue weighted by atomic mass is 10.1. The van der Waals surface area contributed by atoms with Crippen LogP contribution in [0, 0.1) is 0 Å². The molecule has 0 fully saturated rings. The third-order valence-electron chi connectivity index (χ3n) is 4.65. The molecule has 28 heavy (non-hydrogen) atoms. The van der Waals surface area contributed by atoms with Crippen LogP contribution in [0.15, 0.2) is 71.7 Å². The summed E-state index contributed by atoms with van der Waals surface area (Å²) in [6.45, 7) is 0.662. The summed E-state index contributed by atoms with van der Waals surface area (Å²) in [4.78, 5) is 21.4. The highest BCUT2D eigenvalue weighted by atomic mass is 35.5. The SMILES string of the molecule is Cn1c(NCCc2ccc(-c3ccccn3)cc2)nc2cc(Cl)ccc2c1=O. The van der Waals surface area contributed by atoms with Crippen molar-refractivity contribution in [2.75, 3.05) is 11.9 Å². The van der Waals surface area contributed by atoms with Gasteiger partial charge in [0.25, 0.3) is 5.56 Å². The molecule has 4 aromatic rings. The minimum atomic E-state index is -0.0936. The highest BCUT2D eigenvalue weighted by Crippen LogP contribution is 2.18. The monoisotopic (exact) mass is 390 g/mol. The molecule has 0 aliphatic rings. The number of rotatable bonds is 5. The maximum Gasteiger partial charge on any atom is 0.262 e. The van der Waals surface area contributed by atoms with E-state index < -0.39 is 0 Å². The molecule has 140 valence electrons. The third kappa shape index (κ3) is 3.75. The summed E-state index contributed by atoms with van der Waals surface area (Å²) in [7, 11) is 1.72. The van der Waals surface area contributed by atoms with Gasteiger partial charge in [-0.25, -0.2) is 4.98 Å². The maximum absolute atomic E-state index is 12.5. The molecule has 0 saturated heterocycles. The lowest BCUT2D eigenvalue weighted by Gasteiger charge is -2.11. The van der Waals surface area contributed by atoms with Gasteiger partial charge < -0.3 is 5.32 Å². The number of hydrogen-bond acceptors (Lipinski definition) is 4. The molecule has 2 aromatic heterocycles. The van der Waals surface area contributed by atoms with E-state index in [4.69, 9.17) is 11.6 Å². The zero-order valence-electron chi connectivity index (χ0n) is 15.4. The van der Waals surface area contributed by atoms with E-state index in [9.17, 15) is 4.79 Å². The maximum atomic E-state index is 12.5. The van der Waals surface area contributed by atoms with Crippen LogP contribution in [0.2, 0.25) is 5.02 Å². The molecule has 5 nitrogen and oxygen atoms in total. The second-order valence-corrected chi connectivity index (χ2v) is 6.99. The van der Waals surface area contributed by atoms with Crippen molar-refractivity contribution in [3.63, 3.8) is 0 Å². The highest BCUT2D eigenvalue weighted by Gasteiger charge is 2.08. The summed E-state index contributed by atoms with van der Waals surface area (Å²) < 4.78 is 1.53. The fourth-order valence-corrected chi connectivity index (χ4v) is 3.26. The van der Waals surface area contributed by atoms with Crippen molar-refractivity contribution in [2.24, 2.45) is 7.05 Å². The van der Waals surface area contributed by atoms with Gasteiger partial charge in [-0.1, -0.05) is 41.9 Å². The average molecular weight is 391 g/mol. The summed E-state index contributed by atoms with van der Waals surface area (Å²) in [5.41, 5.74) is 3.75. The molecule has 0 saturated carbocycles. The molecular formula is C22H19ClN4O. The van der Waals surface area contributed by atoms with Crippen molar-refractivity contribution in [1.29, 1.82) is 0 Å². The van der Waals surface area contributed by atoms with E-state index in [1.165, 1.54) is 10.1 Å². The van der Waals surface area contributed by atoms with E-state index in [0.29, 0.717) is 28.4 Å². The van der Waals surface area contributed by atoms with E-state index in [1.807, 2.05) is 18.2 Å². The quantitative estimate of drug-likeness (QED) is 0.551. The van der Waals surface area contributed by atoms with Crippen LogP contribution in [0.3, 0.4) is 0 Å². The van der Waals surface area contributed by atoms with Gasteiger partial charge >= 0.3 is 0 Å². The molecule has 0 atom stereocenters. The Labute approximate surface area is 167 Å². The Hall–Kier alpha value is -3.18. The Morgan fingerprint density at radius 1 is 1.07 bits per heavy atom.